The zero-order valence-electron chi connectivity index (χ0n) is 9.32. The predicted octanol–water partition coefficient (Wildman–Crippen LogP) is 3.71. The van der Waals surface area contributed by atoms with E-state index in [2.05, 4.69) is 38.7 Å². The van der Waals surface area contributed by atoms with Crippen molar-refractivity contribution in [2.75, 3.05) is 0 Å². The summed E-state index contributed by atoms with van der Waals surface area (Å²) in [6, 6.07) is 2.19. The van der Waals surface area contributed by atoms with Gasteiger partial charge in [-0.25, -0.2) is 0 Å². The van der Waals surface area contributed by atoms with Gasteiger partial charge in [-0.2, -0.15) is 5.10 Å². The molecule has 2 rings (SSSR count). The van der Waals surface area contributed by atoms with Gasteiger partial charge < -0.3 is 0 Å². The van der Waals surface area contributed by atoms with E-state index in [0.717, 1.165) is 6.54 Å². The smallest absolute Gasteiger partial charge is 0.0492 e. The number of nitrogens with zero attached hydrogens (tertiary/aromatic N) is 2. The van der Waals surface area contributed by atoms with Gasteiger partial charge in [0.15, 0.2) is 0 Å². The maximum absolute atomic E-state index is 4.37. The normalized spacial score (nSPS) is 27.6. The zero-order chi connectivity index (χ0) is 10.7. The van der Waals surface area contributed by atoms with Crippen LogP contribution >= 0.6 is 15.9 Å². The van der Waals surface area contributed by atoms with Crippen LogP contribution in [0, 0.1) is 0 Å². The van der Waals surface area contributed by atoms with E-state index in [1.807, 2.05) is 6.20 Å². The highest BCUT2D eigenvalue weighted by Gasteiger charge is 2.21. The van der Waals surface area contributed by atoms with E-state index in [0.29, 0.717) is 10.7 Å². The van der Waals surface area contributed by atoms with Crippen molar-refractivity contribution >= 4 is 15.9 Å². The first-order valence-corrected chi connectivity index (χ1v) is 6.88. The first kappa shape index (κ1) is 11.2. The number of aryl methyl sites for hydroxylation is 1. The summed E-state index contributed by atoms with van der Waals surface area (Å²) in [5, 5.41) is 4.37. The summed E-state index contributed by atoms with van der Waals surface area (Å²) in [6.45, 7) is 3.16. The van der Waals surface area contributed by atoms with Gasteiger partial charge in [-0.3, -0.25) is 4.68 Å². The molecule has 1 saturated carbocycles. The van der Waals surface area contributed by atoms with Gasteiger partial charge in [-0.1, -0.05) is 28.8 Å². The molecule has 1 heterocycles. The number of halogens is 1. The summed E-state index contributed by atoms with van der Waals surface area (Å²) >= 11 is 3.78. The second kappa shape index (κ2) is 5.15. The molecule has 2 unspecified atom stereocenters. The predicted molar refractivity (Wildman–Crippen MR) is 66.4 cm³/mol. The molecular weight excluding hydrogens is 252 g/mol. The van der Waals surface area contributed by atoms with Crippen molar-refractivity contribution in [2.24, 2.45) is 0 Å². The number of alkyl halides is 1. The average molecular weight is 271 g/mol. The van der Waals surface area contributed by atoms with Gasteiger partial charge in [0.2, 0.25) is 0 Å². The molecule has 1 fully saturated rings. The molecule has 15 heavy (non-hydrogen) atoms. The molecule has 2 nitrogen and oxygen atoms in total. The molecule has 3 heteroatoms. The Hall–Kier alpha value is -0.310. The third kappa shape index (κ3) is 2.63. The fraction of sp³-hybridized carbons (Fsp3) is 0.750. The van der Waals surface area contributed by atoms with Crippen LogP contribution in [0.2, 0.25) is 0 Å². The summed E-state index contributed by atoms with van der Waals surface area (Å²) in [5.74, 6) is 0.708. The van der Waals surface area contributed by atoms with E-state index >= 15 is 0 Å². The van der Waals surface area contributed by atoms with Crippen LogP contribution in [0.1, 0.15) is 50.6 Å². The molecule has 0 amide bonds. The van der Waals surface area contributed by atoms with E-state index < -0.39 is 0 Å². The minimum atomic E-state index is 0.699. The van der Waals surface area contributed by atoms with Crippen molar-refractivity contribution < 1.29 is 0 Å². The molecule has 0 bridgehead atoms. The SMILES string of the molecule is CCn1nccc1C1CCCCC(Br)C1. The topological polar surface area (TPSA) is 17.8 Å². The standard InChI is InChI=1S/C12H19BrN2/c1-2-15-12(7-8-14-15)10-5-3-4-6-11(13)9-10/h7-8,10-11H,2-6,9H2,1H3. The molecule has 1 aliphatic carbocycles. The van der Waals surface area contributed by atoms with E-state index in [-0.39, 0.29) is 0 Å². The van der Waals surface area contributed by atoms with Crippen molar-refractivity contribution in [2.45, 2.75) is 56.3 Å². The van der Waals surface area contributed by atoms with Crippen LogP contribution in [0.25, 0.3) is 0 Å². The molecule has 1 aromatic heterocycles. The van der Waals surface area contributed by atoms with Gasteiger partial charge in [-0.05, 0) is 32.3 Å². The van der Waals surface area contributed by atoms with E-state index in [9.17, 15) is 0 Å². The second-order valence-corrected chi connectivity index (χ2v) is 5.68. The first-order chi connectivity index (χ1) is 7.31. The van der Waals surface area contributed by atoms with Gasteiger partial charge in [0.25, 0.3) is 0 Å². The Morgan fingerprint density at radius 1 is 1.47 bits per heavy atom. The number of rotatable bonds is 2. The van der Waals surface area contributed by atoms with Gasteiger partial charge in [-0.15, -0.1) is 0 Å². The highest BCUT2D eigenvalue weighted by molar-refractivity contribution is 9.09. The van der Waals surface area contributed by atoms with Gasteiger partial charge in [0.1, 0.15) is 0 Å². The number of hydrogen-bond donors (Lipinski definition) is 0. The van der Waals surface area contributed by atoms with Crippen molar-refractivity contribution in [3.63, 3.8) is 0 Å². The lowest BCUT2D eigenvalue weighted by Gasteiger charge is -2.17. The van der Waals surface area contributed by atoms with E-state index in [1.54, 1.807) is 0 Å². The summed E-state index contributed by atoms with van der Waals surface area (Å²) in [7, 11) is 0. The Morgan fingerprint density at radius 2 is 2.27 bits per heavy atom. The molecule has 0 spiro atoms. The monoisotopic (exact) mass is 270 g/mol. The summed E-state index contributed by atoms with van der Waals surface area (Å²) in [4.78, 5) is 0.699. The van der Waals surface area contributed by atoms with Crippen molar-refractivity contribution in [1.82, 2.24) is 9.78 Å². The van der Waals surface area contributed by atoms with Gasteiger partial charge in [0.05, 0.1) is 0 Å². The first-order valence-electron chi connectivity index (χ1n) is 5.97. The quantitative estimate of drug-likeness (QED) is 0.592. The van der Waals surface area contributed by atoms with Gasteiger partial charge in [0, 0.05) is 29.2 Å². The lowest BCUT2D eigenvalue weighted by molar-refractivity contribution is 0.522. The summed E-state index contributed by atoms with van der Waals surface area (Å²) < 4.78 is 2.15. The van der Waals surface area contributed by atoms with Crippen molar-refractivity contribution in [3.05, 3.63) is 18.0 Å². The van der Waals surface area contributed by atoms with Crippen LogP contribution in [-0.2, 0) is 6.54 Å². The Morgan fingerprint density at radius 3 is 3.07 bits per heavy atom. The third-order valence-electron chi connectivity index (χ3n) is 3.33. The third-order valence-corrected chi connectivity index (χ3v) is 4.16. The molecule has 0 saturated heterocycles. The highest BCUT2D eigenvalue weighted by atomic mass is 79.9. The molecule has 1 aromatic rings. The fourth-order valence-corrected chi connectivity index (χ4v) is 3.30. The molecule has 0 radical (unpaired) electrons. The Bertz CT molecular complexity index is 308. The molecular formula is C12H19BrN2. The zero-order valence-corrected chi connectivity index (χ0v) is 10.9. The van der Waals surface area contributed by atoms with E-state index in [1.165, 1.54) is 37.8 Å². The molecule has 0 N–H and O–H groups in total. The summed E-state index contributed by atoms with van der Waals surface area (Å²) in [5.41, 5.74) is 1.43. The van der Waals surface area contributed by atoms with E-state index in [4.69, 9.17) is 0 Å². The Kier molecular flexibility index (Phi) is 3.84. The number of aromatic nitrogens is 2. The molecule has 84 valence electrons. The largest absolute Gasteiger partial charge is 0.270 e. The molecule has 0 aliphatic heterocycles. The molecule has 2 atom stereocenters. The van der Waals surface area contributed by atoms with Gasteiger partial charge >= 0.3 is 0 Å². The minimum Gasteiger partial charge on any atom is -0.270 e. The maximum atomic E-state index is 4.37. The Balaban J connectivity index is 2.14. The number of hydrogen-bond acceptors (Lipinski definition) is 1. The van der Waals surface area contributed by atoms with Crippen LogP contribution in [0.5, 0.6) is 0 Å². The highest BCUT2D eigenvalue weighted by Crippen LogP contribution is 2.34. The van der Waals surface area contributed by atoms with Crippen molar-refractivity contribution in [3.8, 4) is 0 Å². The second-order valence-electron chi connectivity index (χ2n) is 4.39. The molecule has 1 aliphatic rings. The lowest BCUT2D eigenvalue weighted by atomic mass is 9.96. The van der Waals surface area contributed by atoms with Crippen LogP contribution in [0.4, 0.5) is 0 Å². The summed E-state index contributed by atoms with van der Waals surface area (Å²) in [6.07, 6.45) is 8.59. The maximum Gasteiger partial charge on any atom is 0.0492 e. The fourth-order valence-electron chi connectivity index (χ4n) is 2.52. The van der Waals surface area contributed by atoms with Crippen LogP contribution in [-0.4, -0.2) is 14.6 Å². The minimum absolute atomic E-state index is 0.699. The van der Waals surface area contributed by atoms with Crippen molar-refractivity contribution in [1.29, 1.82) is 0 Å². The molecule has 0 aromatic carbocycles. The van der Waals surface area contributed by atoms with Crippen LogP contribution in [0.3, 0.4) is 0 Å². The Labute approximate surface area is 100 Å². The van der Waals surface area contributed by atoms with Crippen LogP contribution < -0.4 is 0 Å². The average Bonchev–Trinajstić information content (AvgIpc) is 2.61. The lowest BCUT2D eigenvalue weighted by Crippen LogP contribution is -2.10. The van der Waals surface area contributed by atoms with Crippen LogP contribution in [0.15, 0.2) is 12.3 Å².